The molecule has 0 saturated heterocycles. The van der Waals surface area contributed by atoms with Gasteiger partial charge in [0, 0.05) is 11.3 Å². The topological polar surface area (TPSA) is 59.1 Å². The van der Waals surface area contributed by atoms with E-state index in [0.717, 1.165) is 11.8 Å². The zero-order valence-corrected chi connectivity index (χ0v) is 8.86. The molecule has 0 atom stereocenters. The molecule has 0 aromatic heterocycles. The number of nitrogens with one attached hydrogen (secondary N) is 1. The first-order valence-electron chi connectivity index (χ1n) is 4.19. The Kier molecular flexibility index (Phi) is 4.05. The number of ether oxygens (including phenoxy) is 1. The fraction of sp³-hybridized carbons (Fsp3) is 0.222. The van der Waals surface area contributed by atoms with E-state index in [1.807, 2.05) is 0 Å². The van der Waals surface area contributed by atoms with Crippen LogP contribution in [0.3, 0.4) is 0 Å². The Hall–Kier alpha value is -1.37. The van der Waals surface area contributed by atoms with Gasteiger partial charge in [-0.25, -0.2) is 0 Å². The minimum Gasteiger partial charge on any atom is -0.405 e. The lowest BCUT2D eigenvalue weighted by molar-refractivity contribution is -0.274. The third-order valence-corrected chi connectivity index (χ3v) is 2.35. The normalized spacial score (nSPS) is 11.2. The number of hydrogen-bond acceptors (Lipinski definition) is 3. The van der Waals surface area contributed by atoms with Crippen LogP contribution in [0.2, 0.25) is 0 Å². The Labute approximate surface area is 94.3 Å². The van der Waals surface area contributed by atoms with Gasteiger partial charge in [0.05, 0.1) is 0 Å². The van der Waals surface area contributed by atoms with Crippen LogP contribution in [-0.2, 0) is 5.75 Å². The summed E-state index contributed by atoms with van der Waals surface area (Å²) in [5.74, 6) is -0.0922. The van der Waals surface area contributed by atoms with Crippen LogP contribution in [0.25, 0.3) is 0 Å². The van der Waals surface area contributed by atoms with Crippen molar-refractivity contribution in [2.45, 2.75) is 12.1 Å². The van der Waals surface area contributed by atoms with Gasteiger partial charge in [0.2, 0.25) is 0 Å². The predicted molar refractivity (Wildman–Crippen MR) is 56.3 cm³/mol. The summed E-state index contributed by atoms with van der Waals surface area (Å²) in [4.78, 5) is 0. The molecular formula is C9H9F3N2OS. The summed E-state index contributed by atoms with van der Waals surface area (Å²) in [6, 6.07) is 5.77. The van der Waals surface area contributed by atoms with Crippen molar-refractivity contribution in [3.8, 4) is 5.75 Å². The van der Waals surface area contributed by atoms with E-state index in [-0.39, 0.29) is 16.7 Å². The van der Waals surface area contributed by atoms with Crippen LogP contribution in [0.5, 0.6) is 5.75 Å². The smallest absolute Gasteiger partial charge is 0.405 e. The Bertz CT molecular complexity index is 381. The van der Waals surface area contributed by atoms with Gasteiger partial charge in [-0.15, -0.1) is 13.2 Å². The van der Waals surface area contributed by atoms with E-state index >= 15 is 0 Å². The van der Waals surface area contributed by atoms with E-state index in [4.69, 9.17) is 11.1 Å². The second-order valence-corrected chi connectivity index (χ2v) is 3.83. The average molecular weight is 250 g/mol. The van der Waals surface area contributed by atoms with Gasteiger partial charge in [0.1, 0.15) is 5.75 Å². The molecule has 3 nitrogen and oxygen atoms in total. The molecule has 0 aliphatic rings. The molecule has 1 aromatic rings. The zero-order chi connectivity index (χ0) is 12.2. The van der Waals surface area contributed by atoms with Gasteiger partial charge in [-0.3, -0.25) is 5.41 Å². The first-order valence-corrected chi connectivity index (χ1v) is 5.17. The molecular weight excluding hydrogens is 241 g/mol. The standard InChI is InChI=1S/C9H9F3N2OS/c10-9(11,12)15-7-4-2-1-3-6(7)5-16-8(13)14/h1-4H,5H2,(H3,13,14). The number of benzene rings is 1. The molecule has 0 aliphatic heterocycles. The molecule has 0 radical (unpaired) electrons. The number of alkyl halides is 3. The lowest BCUT2D eigenvalue weighted by Crippen LogP contribution is -2.18. The largest absolute Gasteiger partial charge is 0.573 e. The number of para-hydroxylation sites is 1. The fourth-order valence-corrected chi connectivity index (χ4v) is 1.55. The Morgan fingerprint density at radius 2 is 2.00 bits per heavy atom. The third kappa shape index (κ3) is 4.43. The summed E-state index contributed by atoms with van der Waals surface area (Å²) in [5.41, 5.74) is 5.45. The van der Waals surface area contributed by atoms with Crippen molar-refractivity contribution in [3.05, 3.63) is 29.8 Å². The summed E-state index contributed by atoms with van der Waals surface area (Å²) in [6.07, 6.45) is -4.71. The summed E-state index contributed by atoms with van der Waals surface area (Å²) >= 11 is 0.938. The maximum absolute atomic E-state index is 12.0. The van der Waals surface area contributed by atoms with Crippen LogP contribution in [0.4, 0.5) is 13.2 Å². The minimum atomic E-state index is -4.71. The van der Waals surface area contributed by atoms with Crippen molar-refractivity contribution in [1.29, 1.82) is 5.41 Å². The van der Waals surface area contributed by atoms with E-state index in [0.29, 0.717) is 5.56 Å². The monoisotopic (exact) mass is 250 g/mol. The molecule has 0 aliphatic carbocycles. The summed E-state index contributed by atoms with van der Waals surface area (Å²) < 4.78 is 39.9. The number of rotatable bonds is 3. The second-order valence-electron chi connectivity index (χ2n) is 2.81. The molecule has 3 N–H and O–H groups in total. The first-order chi connectivity index (χ1) is 7.38. The van der Waals surface area contributed by atoms with Crippen molar-refractivity contribution in [2.24, 2.45) is 5.73 Å². The molecule has 0 saturated carbocycles. The molecule has 0 bridgehead atoms. The highest BCUT2D eigenvalue weighted by molar-refractivity contribution is 8.13. The highest BCUT2D eigenvalue weighted by Crippen LogP contribution is 2.28. The van der Waals surface area contributed by atoms with Gasteiger partial charge in [0.25, 0.3) is 0 Å². The summed E-state index contributed by atoms with van der Waals surface area (Å²) in [5, 5.41) is 6.82. The van der Waals surface area contributed by atoms with Crippen molar-refractivity contribution in [2.75, 3.05) is 0 Å². The molecule has 0 heterocycles. The number of hydrogen-bond donors (Lipinski definition) is 2. The van der Waals surface area contributed by atoms with E-state index in [1.165, 1.54) is 18.2 Å². The SMILES string of the molecule is N=C(N)SCc1ccccc1OC(F)(F)F. The number of thioether (sulfide) groups is 1. The van der Waals surface area contributed by atoms with Crippen LogP contribution in [0.1, 0.15) is 5.56 Å². The fourth-order valence-electron chi connectivity index (χ4n) is 1.00. The van der Waals surface area contributed by atoms with E-state index in [1.54, 1.807) is 6.07 Å². The molecule has 16 heavy (non-hydrogen) atoms. The Balaban J connectivity index is 2.79. The van der Waals surface area contributed by atoms with E-state index < -0.39 is 6.36 Å². The lowest BCUT2D eigenvalue weighted by Gasteiger charge is -2.12. The number of nitrogens with two attached hydrogens (primary N) is 1. The van der Waals surface area contributed by atoms with E-state index in [2.05, 4.69) is 4.74 Å². The maximum atomic E-state index is 12.0. The van der Waals surface area contributed by atoms with Gasteiger partial charge >= 0.3 is 6.36 Å². The summed E-state index contributed by atoms with van der Waals surface area (Å²) in [7, 11) is 0. The highest BCUT2D eigenvalue weighted by Gasteiger charge is 2.31. The van der Waals surface area contributed by atoms with Crippen LogP contribution >= 0.6 is 11.8 Å². The molecule has 0 spiro atoms. The van der Waals surface area contributed by atoms with Gasteiger partial charge in [-0.05, 0) is 6.07 Å². The van der Waals surface area contributed by atoms with Gasteiger partial charge in [0.15, 0.2) is 5.17 Å². The van der Waals surface area contributed by atoms with Crippen LogP contribution < -0.4 is 10.5 Å². The number of halogens is 3. The highest BCUT2D eigenvalue weighted by atomic mass is 32.2. The molecule has 1 aromatic carbocycles. The molecule has 0 amide bonds. The Morgan fingerprint density at radius 3 is 2.56 bits per heavy atom. The minimum absolute atomic E-state index is 0.151. The van der Waals surface area contributed by atoms with Gasteiger partial charge < -0.3 is 10.5 Å². The molecule has 7 heteroatoms. The van der Waals surface area contributed by atoms with Crippen molar-refractivity contribution < 1.29 is 17.9 Å². The van der Waals surface area contributed by atoms with Crippen LogP contribution in [0, 0.1) is 5.41 Å². The van der Waals surface area contributed by atoms with Crippen molar-refractivity contribution in [3.63, 3.8) is 0 Å². The van der Waals surface area contributed by atoms with Crippen molar-refractivity contribution >= 4 is 16.9 Å². The summed E-state index contributed by atoms with van der Waals surface area (Å²) in [6.45, 7) is 0. The number of amidine groups is 1. The molecule has 1 rings (SSSR count). The Morgan fingerprint density at radius 1 is 1.38 bits per heavy atom. The second kappa shape index (κ2) is 5.11. The quantitative estimate of drug-likeness (QED) is 0.640. The predicted octanol–water partition coefficient (Wildman–Crippen LogP) is 2.71. The van der Waals surface area contributed by atoms with Crippen LogP contribution in [-0.4, -0.2) is 11.5 Å². The average Bonchev–Trinajstić information content (AvgIpc) is 2.14. The maximum Gasteiger partial charge on any atom is 0.573 e. The lowest BCUT2D eigenvalue weighted by atomic mass is 10.2. The molecule has 88 valence electrons. The molecule has 0 unspecified atom stereocenters. The molecule has 0 fully saturated rings. The van der Waals surface area contributed by atoms with E-state index in [9.17, 15) is 13.2 Å². The van der Waals surface area contributed by atoms with Gasteiger partial charge in [-0.1, -0.05) is 30.0 Å². The van der Waals surface area contributed by atoms with Crippen molar-refractivity contribution in [1.82, 2.24) is 0 Å². The zero-order valence-electron chi connectivity index (χ0n) is 8.04. The van der Waals surface area contributed by atoms with Gasteiger partial charge in [-0.2, -0.15) is 0 Å². The third-order valence-electron chi connectivity index (χ3n) is 1.58. The first kappa shape index (κ1) is 12.7. The van der Waals surface area contributed by atoms with Crippen LogP contribution in [0.15, 0.2) is 24.3 Å².